The number of fused-ring (bicyclic) bond motifs is 1. The van der Waals surface area contributed by atoms with Crippen molar-refractivity contribution in [2.24, 2.45) is 0 Å². The van der Waals surface area contributed by atoms with E-state index in [0.29, 0.717) is 16.0 Å². The largest absolute Gasteiger partial charge is 0.306 e. The van der Waals surface area contributed by atoms with Gasteiger partial charge in [-0.2, -0.15) is 5.10 Å². The van der Waals surface area contributed by atoms with Crippen LogP contribution in [0.15, 0.2) is 71.9 Å². The van der Waals surface area contributed by atoms with E-state index in [1.807, 2.05) is 48.5 Å². The Morgan fingerprint density at radius 1 is 0.963 bits per heavy atom. The van der Waals surface area contributed by atoms with Crippen molar-refractivity contribution in [1.82, 2.24) is 25.1 Å². The first-order chi connectivity index (χ1) is 13.3. The van der Waals surface area contributed by atoms with Crippen molar-refractivity contribution in [3.05, 3.63) is 77.5 Å². The molecule has 0 saturated carbocycles. The number of thiophene rings is 1. The number of rotatable bonds is 3. The summed E-state index contributed by atoms with van der Waals surface area (Å²) in [7, 11) is 0. The Balaban J connectivity index is 1.66. The van der Waals surface area contributed by atoms with E-state index >= 15 is 0 Å². The van der Waals surface area contributed by atoms with Crippen LogP contribution >= 0.6 is 11.3 Å². The zero-order chi connectivity index (χ0) is 18.2. The second kappa shape index (κ2) is 6.30. The highest BCUT2D eigenvalue weighted by Crippen LogP contribution is 2.33. The van der Waals surface area contributed by atoms with Gasteiger partial charge in [-0.1, -0.05) is 30.3 Å². The van der Waals surface area contributed by atoms with Crippen LogP contribution in [0, 0.1) is 0 Å². The number of nitrogens with zero attached hydrogens (tertiary/aromatic N) is 3. The highest BCUT2D eigenvalue weighted by atomic mass is 32.1. The molecule has 0 radical (unpaired) electrons. The molecule has 4 aromatic heterocycles. The maximum absolute atomic E-state index is 12.7. The van der Waals surface area contributed by atoms with Crippen LogP contribution in [0.2, 0.25) is 0 Å². The van der Waals surface area contributed by atoms with Gasteiger partial charge in [-0.05, 0) is 23.8 Å². The SMILES string of the molecule is O=c1[nH]c(-c2cn[nH]c2-c2cccnc2)nc2sc(-c3ccccc3)cc12. The predicted octanol–water partition coefficient (Wildman–Crippen LogP) is 4.10. The summed E-state index contributed by atoms with van der Waals surface area (Å²) in [5.41, 5.74) is 3.29. The quantitative estimate of drug-likeness (QED) is 0.500. The van der Waals surface area contributed by atoms with Crippen LogP contribution in [0.3, 0.4) is 0 Å². The summed E-state index contributed by atoms with van der Waals surface area (Å²) in [4.78, 5) is 26.1. The maximum Gasteiger partial charge on any atom is 0.259 e. The van der Waals surface area contributed by atoms with Gasteiger partial charge in [-0.25, -0.2) is 4.98 Å². The lowest BCUT2D eigenvalue weighted by atomic mass is 10.1. The molecule has 27 heavy (non-hydrogen) atoms. The molecule has 6 nitrogen and oxygen atoms in total. The second-order valence-electron chi connectivity index (χ2n) is 6.01. The summed E-state index contributed by atoms with van der Waals surface area (Å²) in [5.74, 6) is 0.488. The van der Waals surface area contributed by atoms with Gasteiger partial charge >= 0.3 is 0 Å². The summed E-state index contributed by atoms with van der Waals surface area (Å²) in [6.07, 6.45) is 5.12. The number of nitrogens with one attached hydrogen (secondary N) is 2. The molecule has 5 aromatic rings. The van der Waals surface area contributed by atoms with Crippen LogP contribution in [0.5, 0.6) is 0 Å². The highest BCUT2D eigenvalue weighted by molar-refractivity contribution is 7.21. The van der Waals surface area contributed by atoms with Crippen molar-refractivity contribution in [1.29, 1.82) is 0 Å². The third-order valence-corrected chi connectivity index (χ3v) is 5.38. The zero-order valence-electron chi connectivity index (χ0n) is 14.0. The van der Waals surface area contributed by atoms with Gasteiger partial charge in [0.05, 0.1) is 22.8 Å². The number of hydrogen-bond donors (Lipinski definition) is 2. The number of aromatic amines is 2. The average Bonchev–Trinajstić information content (AvgIpc) is 3.37. The first-order valence-electron chi connectivity index (χ1n) is 8.33. The molecule has 0 spiro atoms. The fourth-order valence-corrected chi connectivity index (χ4v) is 4.04. The van der Waals surface area contributed by atoms with Crippen LogP contribution in [-0.4, -0.2) is 25.1 Å². The number of hydrogen-bond acceptors (Lipinski definition) is 5. The number of benzene rings is 1. The van der Waals surface area contributed by atoms with Crippen molar-refractivity contribution in [3.8, 4) is 33.1 Å². The Bertz CT molecular complexity index is 1290. The first-order valence-corrected chi connectivity index (χ1v) is 9.15. The van der Waals surface area contributed by atoms with Crippen molar-refractivity contribution in [3.63, 3.8) is 0 Å². The van der Waals surface area contributed by atoms with E-state index in [2.05, 4.69) is 20.2 Å². The summed E-state index contributed by atoms with van der Waals surface area (Å²) in [6, 6.07) is 15.7. The zero-order valence-corrected chi connectivity index (χ0v) is 14.8. The molecule has 0 aliphatic rings. The lowest BCUT2D eigenvalue weighted by Gasteiger charge is -2.02. The molecule has 1 aromatic carbocycles. The fourth-order valence-electron chi connectivity index (χ4n) is 3.00. The molecule has 0 atom stereocenters. The van der Waals surface area contributed by atoms with Gasteiger partial charge < -0.3 is 4.98 Å². The van der Waals surface area contributed by atoms with Gasteiger partial charge in [0.15, 0.2) is 0 Å². The molecule has 0 aliphatic heterocycles. The minimum Gasteiger partial charge on any atom is -0.306 e. The molecule has 130 valence electrons. The van der Waals surface area contributed by atoms with Crippen molar-refractivity contribution in [2.75, 3.05) is 0 Å². The van der Waals surface area contributed by atoms with E-state index in [-0.39, 0.29) is 5.56 Å². The lowest BCUT2D eigenvalue weighted by Crippen LogP contribution is -2.08. The molecule has 0 fully saturated rings. The Hall–Kier alpha value is -3.58. The van der Waals surface area contributed by atoms with E-state index in [1.54, 1.807) is 18.6 Å². The molecule has 5 rings (SSSR count). The molecule has 2 N–H and O–H groups in total. The standard InChI is InChI=1S/C20H13N5OS/c26-19-14-9-16(12-5-2-1-3-6-12)27-20(14)24-18(23-19)15-11-22-25-17(15)13-7-4-8-21-10-13/h1-11H,(H,22,25)(H,23,24,26). The predicted molar refractivity (Wildman–Crippen MR) is 106 cm³/mol. The van der Waals surface area contributed by atoms with Crippen LogP contribution in [0.25, 0.3) is 43.3 Å². The number of H-pyrrole nitrogens is 2. The summed E-state index contributed by atoms with van der Waals surface area (Å²) in [6.45, 7) is 0. The summed E-state index contributed by atoms with van der Waals surface area (Å²) < 4.78 is 0. The van der Waals surface area contributed by atoms with E-state index < -0.39 is 0 Å². The third-order valence-electron chi connectivity index (χ3n) is 4.31. The first kappa shape index (κ1) is 15.7. The molecule has 0 amide bonds. The smallest absolute Gasteiger partial charge is 0.259 e. The van der Waals surface area contributed by atoms with Crippen LogP contribution < -0.4 is 5.56 Å². The number of pyridine rings is 1. The lowest BCUT2D eigenvalue weighted by molar-refractivity contribution is 1.09. The van der Waals surface area contributed by atoms with Gasteiger partial charge in [0.2, 0.25) is 0 Å². The Labute approximate surface area is 157 Å². The molecule has 7 heteroatoms. The van der Waals surface area contributed by atoms with E-state index in [9.17, 15) is 4.79 Å². The Morgan fingerprint density at radius 2 is 1.81 bits per heavy atom. The highest BCUT2D eigenvalue weighted by Gasteiger charge is 2.15. The molecule has 0 bridgehead atoms. The van der Waals surface area contributed by atoms with E-state index in [4.69, 9.17) is 4.98 Å². The summed E-state index contributed by atoms with van der Waals surface area (Å²) >= 11 is 1.50. The topological polar surface area (TPSA) is 87.3 Å². The minimum atomic E-state index is -0.160. The second-order valence-corrected chi connectivity index (χ2v) is 7.04. The molecule has 0 aliphatic carbocycles. The monoisotopic (exact) mass is 371 g/mol. The fraction of sp³-hybridized carbons (Fsp3) is 0. The number of aromatic nitrogens is 5. The molecule has 4 heterocycles. The van der Waals surface area contributed by atoms with Gasteiger partial charge in [-0.3, -0.25) is 14.9 Å². The van der Waals surface area contributed by atoms with Crippen molar-refractivity contribution >= 4 is 21.6 Å². The van der Waals surface area contributed by atoms with Crippen LogP contribution in [-0.2, 0) is 0 Å². The van der Waals surface area contributed by atoms with Crippen LogP contribution in [0.1, 0.15) is 0 Å². The Kier molecular flexibility index (Phi) is 3.65. The van der Waals surface area contributed by atoms with Crippen molar-refractivity contribution in [2.45, 2.75) is 0 Å². The molecule has 0 unspecified atom stereocenters. The normalized spacial score (nSPS) is 11.1. The Morgan fingerprint density at radius 3 is 2.63 bits per heavy atom. The van der Waals surface area contributed by atoms with Crippen molar-refractivity contribution < 1.29 is 0 Å². The van der Waals surface area contributed by atoms with Gasteiger partial charge in [0.25, 0.3) is 5.56 Å². The maximum atomic E-state index is 12.7. The molecule has 0 saturated heterocycles. The van der Waals surface area contributed by atoms with Gasteiger partial charge in [0, 0.05) is 22.8 Å². The van der Waals surface area contributed by atoms with E-state index in [1.165, 1.54) is 11.3 Å². The van der Waals surface area contributed by atoms with Gasteiger partial charge in [0.1, 0.15) is 10.7 Å². The minimum absolute atomic E-state index is 0.160. The van der Waals surface area contributed by atoms with Crippen LogP contribution in [0.4, 0.5) is 0 Å². The molecular formula is C20H13N5OS. The third kappa shape index (κ3) is 2.74. The van der Waals surface area contributed by atoms with Gasteiger partial charge in [-0.15, -0.1) is 11.3 Å². The molecular weight excluding hydrogens is 358 g/mol. The summed E-state index contributed by atoms with van der Waals surface area (Å²) in [5, 5.41) is 7.69. The average molecular weight is 371 g/mol. The van der Waals surface area contributed by atoms with E-state index in [0.717, 1.165) is 27.3 Å².